The van der Waals surface area contributed by atoms with E-state index in [1.165, 1.54) is 70.9 Å². The molecule has 3 aliphatic carbocycles. The number of guanidine groups is 1. The van der Waals surface area contributed by atoms with Crippen molar-refractivity contribution in [3.63, 3.8) is 0 Å². The van der Waals surface area contributed by atoms with Crippen molar-refractivity contribution < 1.29 is 4.74 Å². The SMILES string of the molecule is CCN=C(NC1CCN(C2CCCC2)C1)NC1C2CCOC2C12CCC2.I. The summed E-state index contributed by atoms with van der Waals surface area (Å²) in [6.07, 6.45) is 12.7. The van der Waals surface area contributed by atoms with E-state index in [4.69, 9.17) is 9.73 Å². The molecule has 4 atom stereocenters. The van der Waals surface area contributed by atoms with Crippen LogP contribution in [-0.4, -0.2) is 61.3 Å². The van der Waals surface area contributed by atoms with E-state index >= 15 is 0 Å². The number of nitrogens with zero attached hydrogens (tertiary/aromatic N) is 2. The molecule has 154 valence electrons. The Bertz CT molecular complexity index is 546. The second kappa shape index (κ2) is 8.34. The average molecular weight is 488 g/mol. The van der Waals surface area contributed by atoms with Crippen LogP contribution in [0.1, 0.15) is 64.7 Å². The van der Waals surface area contributed by atoms with E-state index < -0.39 is 0 Å². The van der Waals surface area contributed by atoms with Gasteiger partial charge in [0.05, 0.1) is 6.10 Å². The van der Waals surface area contributed by atoms with Crippen molar-refractivity contribution in [1.29, 1.82) is 0 Å². The zero-order chi connectivity index (χ0) is 17.6. The van der Waals surface area contributed by atoms with Gasteiger partial charge >= 0.3 is 0 Å². The minimum absolute atomic E-state index is 0. The predicted octanol–water partition coefficient (Wildman–Crippen LogP) is 3.13. The Kier molecular flexibility index (Phi) is 6.24. The van der Waals surface area contributed by atoms with E-state index in [0.717, 1.165) is 25.2 Å². The smallest absolute Gasteiger partial charge is 0.191 e. The van der Waals surface area contributed by atoms with Crippen LogP contribution in [0.5, 0.6) is 0 Å². The number of rotatable bonds is 4. The molecule has 4 unspecified atom stereocenters. The zero-order valence-corrected chi connectivity index (χ0v) is 19.1. The molecule has 2 aliphatic heterocycles. The Morgan fingerprint density at radius 1 is 1.11 bits per heavy atom. The van der Waals surface area contributed by atoms with Gasteiger partial charge in [-0.25, -0.2) is 0 Å². The lowest BCUT2D eigenvalue weighted by atomic mass is 9.46. The molecule has 1 spiro atoms. The fourth-order valence-electron chi connectivity index (χ4n) is 6.59. The Morgan fingerprint density at radius 3 is 2.63 bits per heavy atom. The van der Waals surface area contributed by atoms with E-state index in [9.17, 15) is 0 Å². The average Bonchev–Trinajstić information content (AvgIpc) is 3.32. The topological polar surface area (TPSA) is 48.9 Å². The van der Waals surface area contributed by atoms with E-state index in [-0.39, 0.29) is 24.0 Å². The van der Waals surface area contributed by atoms with Gasteiger partial charge < -0.3 is 15.4 Å². The molecule has 5 nitrogen and oxygen atoms in total. The molecule has 27 heavy (non-hydrogen) atoms. The van der Waals surface area contributed by atoms with Gasteiger partial charge in [0.15, 0.2) is 5.96 Å². The summed E-state index contributed by atoms with van der Waals surface area (Å²) in [6.45, 7) is 6.40. The van der Waals surface area contributed by atoms with Gasteiger partial charge in [-0.15, -0.1) is 24.0 Å². The molecule has 5 aliphatic rings. The molecule has 0 aromatic rings. The zero-order valence-electron chi connectivity index (χ0n) is 16.8. The first-order valence-electron chi connectivity index (χ1n) is 11.2. The summed E-state index contributed by atoms with van der Waals surface area (Å²) < 4.78 is 6.08. The number of halogens is 1. The number of hydrogen-bond donors (Lipinski definition) is 2. The van der Waals surface area contributed by atoms with E-state index in [1.807, 2.05) is 0 Å². The minimum atomic E-state index is 0. The van der Waals surface area contributed by atoms with Gasteiger partial charge in [-0.2, -0.15) is 0 Å². The number of likely N-dealkylation sites (tertiary alicyclic amines) is 1. The molecule has 0 aromatic carbocycles. The normalized spacial score (nSPS) is 38.2. The van der Waals surface area contributed by atoms with Crippen LogP contribution in [0.25, 0.3) is 0 Å². The minimum Gasteiger partial charge on any atom is -0.377 e. The molecule has 5 rings (SSSR count). The summed E-state index contributed by atoms with van der Waals surface area (Å²) in [6, 6.07) is 1.98. The fraction of sp³-hybridized carbons (Fsp3) is 0.952. The fourth-order valence-corrected chi connectivity index (χ4v) is 6.59. The highest BCUT2D eigenvalue weighted by molar-refractivity contribution is 14.0. The summed E-state index contributed by atoms with van der Waals surface area (Å²) in [7, 11) is 0. The molecule has 2 heterocycles. The highest BCUT2D eigenvalue weighted by Crippen LogP contribution is 2.62. The van der Waals surface area contributed by atoms with Crippen LogP contribution in [-0.2, 0) is 4.74 Å². The van der Waals surface area contributed by atoms with E-state index in [1.54, 1.807) is 0 Å². The van der Waals surface area contributed by atoms with Gasteiger partial charge in [-0.05, 0) is 45.4 Å². The van der Waals surface area contributed by atoms with Crippen LogP contribution >= 0.6 is 24.0 Å². The summed E-state index contributed by atoms with van der Waals surface area (Å²) in [4.78, 5) is 7.53. The van der Waals surface area contributed by atoms with Gasteiger partial charge in [0.2, 0.25) is 0 Å². The second-order valence-corrected chi connectivity index (χ2v) is 9.34. The van der Waals surface area contributed by atoms with Gasteiger partial charge in [0.25, 0.3) is 0 Å². The van der Waals surface area contributed by atoms with Crippen LogP contribution in [0.3, 0.4) is 0 Å². The number of nitrogens with one attached hydrogen (secondary N) is 2. The molecule has 0 bridgehead atoms. The van der Waals surface area contributed by atoms with Crippen LogP contribution in [0.2, 0.25) is 0 Å². The molecule has 0 aromatic heterocycles. The highest BCUT2D eigenvalue weighted by Gasteiger charge is 2.66. The monoisotopic (exact) mass is 488 g/mol. The molecule has 2 saturated heterocycles. The van der Waals surface area contributed by atoms with Crippen molar-refractivity contribution in [2.75, 3.05) is 26.2 Å². The lowest BCUT2D eigenvalue weighted by molar-refractivity contribution is -0.171. The molecule has 2 N–H and O–H groups in total. The highest BCUT2D eigenvalue weighted by atomic mass is 127. The molecule has 0 amide bonds. The van der Waals surface area contributed by atoms with Crippen LogP contribution in [0.15, 0.2) is 4.99 Å². The number of aliphatic imine (C=N–C) groups is 1. The third-order valence-corrected chi connectivity index (χ3v) is 8.05. The number of ether oxygens (including phenoxy) is 1. The van der Waals surface area contributed by atoms with Crippen LogP contribution in [0.4, 0.5) is 0 Å². The largest absolute Gasteiger partial charge is 0.377 e. The lowest BCUT2D eigenvalue weighted by Crippen LogP contribution is -2.72. The maximum Gasteiger partial charge on any atom is 0.191 e. The standard InChI is InChI=1S/C21H36N4O.HI/c1-2-22-20(23-15-8-12-25(14-15)16-6-3-4-7-16)24-18-17-9-13-26-19(17)21(18)10-5-11-21;/h15-19H,2-14H2,1H3,(H2,22,23,24);1H. The maximum absolute atomic E-state index is 6.08. The third-order valence-electron chi connectivity index (χ3n) is 8.05. The van der Waals surface area contributed by atoms with Crippen molar-refractivity contribution in [2.24, 2.45) is 16.3 Å². The Labute approximate surface area is 181 Å². The van der Waals surface area contributed by atoms with Crippen LogP contribution < -0.4 is 10.6 Å². The summed E-state index contributed by atoms with van der Waals surface area (Å²) in [5.74, 6) is 1.77. The molecule has 0 radical (unpaired) electrons. The van der Waals surface area contributed by atoms with Crippen molar-refractivity contribution in [1.82, 2.24) is 15.5 Å². The Balaban J connectivity index is 0.00000180. The van der Waals surface area contributed by atoms with Crippen molar-refractivity contribution >= 4 is 29.9 Å². The summed E-state index contributed by atoms with van der Waals surface area (Å²) in [5, 5.41) is 7.66. The first kappa shape index (κ1) is 20.2. The van der Waals surface area contributed by atoms with Crippen LogP contribution in [0, 0.1) is 11.3 Å². The molecular formula is C21H37IN4O. The maximum atomic E-state index is 6.08. The second-order valence-electron chi connectivity index (χ2n) is 9.34. The summed E-state index contributed by atoms with van der Waals surface area (Å²) >= 11 is 0. The van der Waals surface area contributed by atoms with Gasteiger partial charge in [0, 0.05) is 55.7 Å². The number of fused-ring (bicyclic) bond motifs is 2. The molecular weight excluding hydrogens is 451 g/mol. The first-order valence-corrected chi connectivity index (χ1v) is 11.2. The quantitative estimate of drug-likeness (QED) is 0.363. The Hall–Kier alpha value is -0.0800. The summed E-state index contributed by atoms with van der Waals surface area (Å²) in [5.41, 5.74) is 0.420. The first-order chi connectivity index (χ1) is 12.8. The van der Waals surface area contributed by atoms with Crippen molar-refractivity contribution in [3.05, 3.63) is 0 Å². The van der Waals surface area contributed by atoms with Gasteiger partial charge in [0.1, 0.15) is 0 Å². The van der Waals surface area contributed by atoms with Crippen molar-refractivity contribution in [2.45, 2.75) is 88.9 Å². The lowest BCUT2D eigenvalue weighted by Gasteiger charge is -2.63. The van der Waals surface area contributed by atoms with Gasteiger partial charge in [-0.3, -0.25) is 9.89 Å². The third kappa shape index (κ3) is 3.52. The van der Waals surface area contributed by atoms with Crippen molar-refractivity contribution in [3.8, 4) is 0 Å². The predicted molar refractivity (Wildman–Crippen MR) is 120 cm³/mol. The molecule has 3 saturated carbocycles. The van der Waals surface area contributed by atoms with E-state index in [0.29, 0.717) is 29.5 Å². The molecule has 5 fully saturated rings. The Morgan fingerprint density at radius 2 is 1.93 bits per heavy atom. The molecule has 6 heteroatoms. The number of hydrogen-bond acceptors (Lipinski definition) is 3. The van der Waals surface area contributed by atoms with E-state index in [2.05, 4.69) is 22.5 Å². The van der Waals surface area contributed by atoms with Gasteiger partial charge in [-0.1, -0.05) is 19.3 Å².